The van der Waals surface area contributed by atoms with Gasteiger partial charge in [-0.1, -0.05) is 48.2 Å². The van der Waals surface area contributed by atoms with Gasteiger partial charge in [0.25, 0.3) is 5.69 Å². The van der Waals surface area contributed by atoms with Gasteiger partial charge >= 0.3 is 0 Å². The predicted octanol–water partition coefficient (Wildman–Crippen LogP) is 3.35. The SMILES string of the molecule is Cc1ccc(NC(=O)CSc2nnc(Cc3ccccc3)n2C)cc1[N+](=O)[O-]. The molecule has 0 bridgehead atoms. The molecular formula is C19H19N5O3S. The van der Waals surface area contributed by atoms with Gasteiger partial charge in [-0.2, -0.15) is 0 Å². The van der Waals surface area contributed by atoms with E-state index < -0.39 is 4.92 Å². The first kappa shape index (κ1) is 19.6. The highest BCUT2D eigenvalue weighted by Crippen LogP contribution is 2.23. The Bertz CT molecular complexity index is 1000. The first-order valence-corrected chi connectivity index (χ1v) is 9.52. The van der Waals surface area contributed by atoms with E-state index in [9.17, 15) is 14.9 Å². The number of anilines is 1. The molecule has 3 aromatic rings. The van der Waals surface area contributed by atoms with E-state index in [1.54, 1.807) is 19.1 Å². The molecule has 1 aromatic heterocycles. The summed E-state index contributed by atoms with van der Waals surface area (Å²) in [5.41, 5.74) is 2.05. The van der Waals surface area contributed by atoms with Gasteiger partial charge in [0.1, 0.15) is 5.82 Å². The molecule has 0 unspecified atom stereocenters. The van der Waals surface area contributed by atoms with Crippen molar-refractivity contribution in [1.29, 1.82) is 0 Å². The molecular weight excluding hydrogens is 378 g/mol. The lowest BCUT2D eigenvalue weighted by atomic mass is 10.1. The zero-order valence-electron chi connectivity index (χ0n) is 15.5. The number of carbonyl (C=O) groups is 1. The van der Waals surface area contributed by atoms with Gasteiger partial charge < -0.3 is 9.88 Å². The van der Waals surface area contributed by atoms with Crippen molar-refractivity contribution in [2.45, 2.75) is 18.5 Å². The van der Waals surface area contributed by atoms with E-state index in [4.69, 9.17) is 0 Å². The molecule has 0 aliphatic heterocycles. The number of thioether (sulfide) groups is 1. The first-order chi connectivity index (χ1) is 13.4. The Labute approximate surface area is 166 Å². The standard InChI is InChI=1S/C19H19N5O3S/c1-13-8-9-15(11-16(13)24(26)27)20-18(25)12-28-19-22-21-17(23(19)2)10-14-6-4-3-5-7-14/h3-9,11H,10,12H2,1-2H3,(H,20,25). The predicted molar refractivity (Wildman–Crippen MR) is 107 cm³/mol. The summed E-state index contributed by atoms with van der Waals surface area (Å²) in [7, 11) is 1.86. The summed E-state index contributed by atoms with van der Waals surface area (Å²) in [6.45, 7) is 1.65. The van der Waals surface area contributed by atoms with Crippen LogP contribution < -0.4 is 5.32 Å². The molecule has 144 valence electrons. The fourth-order valence-corrected chi connectivity index (χ4v) is 3.34. The fraction of sp³-hybridized carbons (Fsp3) is 0.211. The molecule has 0 saturated heterocycles. The lowest BCUT2D eigenvalue weighted by molar-refractivity contribution is -0.385. The van der Waals surface area contributed by atoms with Crippen LogP contribution in [0.25, 0.3) is 0 Å². The summed E-state index contributed by atoms with van der Waals surface area (Å²) in [4.78, 5) is 22.7. The van der Waals surface area contributed by atoms with Crippen molar-refractivity contribution in [1.82, 2.24) is 14.8 Å². The van der Waals surface area contributed by atoms with Gasteiger partial charge in [-0.15, -0.1) is 10.2 Å². The highest BCUT2D eigenvalue weighted by atomic mass is 32.2. The number of nitrogens with zero attached hydrogens (tertiary/aromatic N) is 4. The summed E-state index contributed by atoms with van der Waals surface area (Å²) in [5.74, 6) is 0.665. The Hall–Kier alpha value is -3.20. The fourth-order valence-electron chi connectivity index (χ4n) is 2.61. The Morgan fingerprint density at radius 3 is 2.68 bits per heavy atom. The van der Waals surface area contributed by atoms with Crippen molar-refractivity contribution in [3.05, 3.63) is 75.6 Å². The van der Waals surface area contributed by atoms with E-state index in [0.717, 1.165) is 11.4 Å². The summed E-state index contributed by atoms with van der Waals surface area (Å²) in [6, 6.07) is 14.6. The Morgan fingerprint density at radius 1 is 1.21 bits per heavy atom. The minimum atomic E-state index is -0.465. The Kier molecular flexibility index (Phi) is 6.05. The van der Waals surface area contributed by atoms with Gasteiger partial charge in [0.2, 0.25) is 5.91 Å². The smallest absolute Gasteiger partial charge is 0.274 e. The van der Waals surface area contributed by atoms with Gasteiger partial charge in [-0.25, -0.2) is 0 Å². The van der Waals surface area contributed by atoms with Crippen molar-refractivity contribution in [3.63, 3.8) is 0 Å². The number of nitro benzene ring substituents is 1. The molecule has 8 nitrogen and oxygen atoms in total. The molecule has 0 spiro atoms. The summed E-state index contributed by atoms with van der Waals surface area (Å²) < 4.78 is 1.86. The quantitative estimate of drug-likeness (QED) is 0.373. The first-order valence-electron chi connectivity index (χ1n) is 8.54. The van der Waals surface area contributed by atoms with Gasteiger partial charge in [0, 0.05) is 30.8 Å². The third kappa shape index (κ3) is 4.74. The zero-order chi connectivity index (χ0) is 20.1. The average molecular weight is 397 g/mol. The minimum Gasteiger partial charge on any atom is -0.325 e. The number of rotatable bonds is 7. The molecule has 1 N–H and O–H groups in total. The normalized spacial score (nSPS) is 10.6. The summed E-state index contributed by atoms with van der Waals surface area (Å²) in [6.07, 6.45) is 0.657. The van der Waals surface area contributed by atoms with Crippen LogP contribution >= 0.6 is 11.8 Å². The van der Waals surface area contributed by atoms with Crippen LogP contribution in [-0.2, 0) is 18.3 Å². The maximum atomic E-state index is 12.2. The van der Waals surface area contributed by atoms with Crippen LogP contribution in [0.1, 0.15) is 17.0 Å². The van der Waals surface area contributed by atoms with Crippen LogP contribution in [0.4, 0.5) is 11.4 Å². The van der Waals surface area contributed by atoms with Crippen LogP contribution in [0.15, 0.2) is 53.7 Å². The lowest BCUT2D eigenvalue weighted by Gasteiger charge is -2.06. The maximum absolute atomic E-state index is 12.2. The second-order valence-corrected chi connectivity index (χ2v) is 7.16. The van der Waals surface area contributed by atoms with Crippen LogP contribution in [0.5, 0.6) is 0 Å². The topological polar surface area (TPSA) is 103 Å². The third-order valence-electron chi connectivity index (χ3n) is 4.15. The average Bonchev–Trinajstić information content (AvgIpc) is 3.02. The highest BCUT2D eigenvalue weighted by molar-refractivity contribution is 7.99. The van der Waals surface area contributed by atoms with Crippen molar-refractivity contribution >= 4 is 29.0 Å². The molecule has 9 heteroatoms. The summed E-state index contributed by atoms with van der Waals surface area (Å²) in [5, 5.41) is 22.7. The van der Waals surface area contributed by atoms with Crippen LogP contribution in [0.3, 0.4) is 0 Å². The molecule has 2 aromatic carbocycles. The van der Waals surface area contributed by atoms with Crippen molar-refractivity contribution in [2.75, 3.05) is 11.1 Å². The second-order valence-electron chi connectivity index (χ2n) is 6.22. The van der Waals surface area contributed by atoms with Gasteiger partial charge in [0.05, 0.1) is 10.7 Å². The van der Waals surface area contributed by atoms with E-state index in [2.05, 4.69) is 15.5 Å². The van der Waals surface area contributed by atoms with Crippen molar-refractivity contribution < 1.29 is 9.72 Å². The zero-order valence-corrected chi connectivity index (χ0v) is 16.3. The number of amides is 1. The third-order valence-corrected chi connectivity index (χ3v) is 5.17. The van der Waals surface area contributed by atoms with E-state index in [-0.39, 0.29) is 17.3 Å². The van der Waals surface area contributed by atoms with Crippen LogP contribution in [0.2, 0.25) is 0 Å². The Morgan fingerprint density at radius 2 is 1.96 bits per heavy atom. The molecule has 28 heavy (non-hydrogen) atoms. The number of carbonyl (C=O) groups excluding carboxylic acids is 1. The number of benzene rings is 2. The Balaban J connectivity index is 1.59. The highest BCUT2D eigenvalue weighted by Gasteiger charge is 2.14. The lowest BCUT2D eigenvalue weighted by Crippen LogP contribution is -2.14. The van der Waals surface area contributed by atoms with E-state index in [0.29, 0.717) is 22.8 Å². The monoisotopic (exact) mass is 397 g/mol. The molecule has 0 aliphatic rings. The molecule has 0 radical (unpaired) electrons. The maximum Gasteiger partial charge on any atom is 0.274 e. The molecule has 1 heterocycles. The van der Waals surface area contributed by atoms with E-state index >= 15 is 0 Å². The van der Waals surface area contributed by atoms with Crippen molar-refractivity contribution in [2.24, 2.45) is 7.05 Å². The van der Waals surface area contributed by atoms with Crippen LogP contribution in [-0.4, -0.2) is 31.3 Å². The molecule has 1 amide bonds. The molecule has 0 aliphatic carbocycles. The molecule has 3 rings (SSSR count). The van der Waals surface area contributed by atoms with Crippen LogP contribution in [0, 0.1) is 17.0 Å². The number of aromatic nitrogens is 3. The second kappa shape index (κ2) is 8.66. The number of hydrogen-bond donors (Lipinski definition) is 1. The van der Waals surface area contributed by atoms with Gasteiger partial charge in [-0.05, 0) is 18.6 Å². The minimum absolute atomic E-state index is 0.0238. The number of hydrogen-bond acceptors (Lipinski definition) is 6. The number of nitrogens with one attached hydrogen (secondary N) is 1. The largest absolute Gasteiger partial charge is 0.325 e. The van der Waals surface area contributed by atoms with Gasteiger partial charge in [0.15, 0.2) is 5.16 Å². The van der Waals surface area contributed by atoms with Crippen molar-refractivity contribution in [3.8, 4) is 0 Å². The van der Waals surface area contributed by atoms with E-state index in [1.165, 1.54) is 17.8 Å². The number of nitro groups is 1. The number of aryl methyl sites for hydroxylation is 1. The van der Waals surface area contributed by atoms with Gasteiger partial charge in [-0.3, -0.25) is 14.9 Å². The molecule has 0 fully saturated rings. The summed E-state index contributed by atoms with van der Waals surface area (Å²) >= 11 is 1.26. The molecule has 0 atom stereocenters. The van der Waals surface area contributed by atoms with E-state index in [1.807, 2.05) is 41.9 Å². The molecule has 0 saturated carbocycles.